The highest BCUT2D eigenvalue weighted by Gasteiger charge is 2.01. The lowest BCUT2D eigenvalue weighted by Crippen LogP contribution is -2.32. The van der Waals surface area contributed by atoms with E-state index in [4.69, 9.17) is 11.2 Å². The van der Waals surface area contributed by atoms with Gasteiger partial charge in [0.25, 0.3) is 0 Å². The molecule has 0 fully saturated rings. The van der Waals surface area contributed by atoms with Crippen LogP contribution in [0.3, 0.4) is 0 Å². The van der Waals surface area contributed by atoms with Gasteiger partial charge in [-0.15, -0.1) is 12.3 Å². The van der Waals surface area contributed by atoms with Crippen molar-refractivity contribution < 1.29 is 4.74 Å². The predicted octanol–water partition coefficient (Wildman–Crippen LogP) is 2.38. The van der Waals surface area contributed by atoms with E-state index in [9.17, 15) is 0 Å². The van der Waals surface area contributed by atoms with Crippen LogP contribution in [0.1, 0.15) is 18.9 Å². The van der Waals surface area contributed by atoms with Gasteiger partial charge in [-0.1, -0.05) is 17.7 Å². The van der Waals surface area contributed by atoms with E-state index in [2.05, 4.69) is 25.1 Å². The first-order valence-corrected chi connectivity index (χ1v) is 5.58. The predicted molar refractivity (Wildman–Crippen MR) is 67.6 cm³/mol. The molecule has 0 heterocycles. The summed E-state index contributed by atoms with van der Waals surface area (Å²) in [7, 11) is 0. The zero-order chi connectivity index (χ0) is 11.8. The molecule has 0 aromatic heterocycles. The molecular formula is C14H19NO. The fraction of sp³-hybridized carbons (Fsp3) is 0.429. The van der Waals surface area contributed by atoms with Gasteiger partial charge in [0, 0.05) is 19.0 Å². The molecule has 86 valence electrons. The maximum atomic E-state index is 5.64. The Hall–Kier alpha value is -1.46. The van der Waals surface area contributed by atoms with Crippen molar-refractivity contribution in [2.45, 2.75) is 26.3 Å². The van der Waals surface area contributed by atoms with Crippen molar-refractivity contribution in [1.29, 1.82) is 0 Å². The largest absolute Gasteiger partial charge is 0.492 e. The lowest BCUT2D eigenvalue weighted by atomic mass is 10.2. The zero-order valence-corrected chi connectivity index (χ0v) is 9.99. The number of aryl methyl sites for hydroxylation is 1. The quantitative estimate of drug-likeness (QED) is 0.583. The molecular weight excluding hydrogens is 198 g/mol. The van der Waals surface area contributed by atoms with E-state index in [1.54, 1.807) is 0 Å². The second-order valence-corrected chi connectivity index (χ2v) is 3.93. The Balaban J connectivity index is 2.23. The lowest BCUT2D eigenvalue weighted by Gasteiger charge is -2.14. The Labute approximate surface area is 98.0 Å². The first-order chi connectivity index (χ1) is 7.72. The fourth-order valence-electron chi connectivity index (χ4n) is 1.31. The van der Waals surface area contributed by atoms with Crippen molar-refractivity contribution in [2.24, 2.45) is 0 Å². The van der Waals surface area contributed by atoms with Gasteiger partial charge >= 0.3 is 0 Å². The molecule has 1 N–H and O–H groups in total. The van der Waals surface area contributed by atoms with Gasteiger partial charge < -0.3 is 10.1 Å². The van der Waals surface area contributed by atoms with Gasteiger partial charge in [0.2, 0.25) is 0 Å². The average Bonchev–Trinajstić information content (AvgIpc) is 2.29. The van der Waals surface area contributed by atoms with Crippen LogP contribution in [0.2, 0.25) is 0 Å². The lowest BCUT2D eigenvalue weighted by molar-refractivity contribution is 0.274. The Bertz CT molecular complexity index is 337. The van der Waals surface area contributed by atoms with Gasteiger partial charge in [0.1, 0.15) is 12.4 Å². The highest BCUT2D eigenvalue weighted by molar-refractivity contribution is 5.26. The van der Waals surface area contributed by atoms with Crippen molar-refractivity contribution in [3.8, 4) is 18.1 Å². The third-order valence-electron chi connectivity index (χ3n) is 2.28. The summed E-state index contributed by atoms with van der Waals surface area (Å²) < 4.78 is 5.64. The van der Waals surface area contributed by atoms with E-state index < -0.39 is 0 Å². The van der Waals surface area contributed by atoms with E-state index in [1.165, 1.54) is 5.56 Å². The smallest absolute Gasteiger partial charge is 0.119 e. The second kappa shape index (κ2) is 6.92. The van der Waals surface area contributed by atoms with Crippen molar-refractivity contribution in [1.82, 2.24) is 5.32 Å². The minimum atomic E-state index is 0.314. The molecule has 16 heavy (non-hydrogen) atoms. The van der Waals surface area contributed by atoms with E-state index in [1.807, 2.05) is 24.3 Å². The van der Waals surface area contributed by atoms with E-state index in [-0.39, 0.29) is 0 Å². The first kappa shape index (κ1) is 12.6. The van der Waals surface area contributed by atoms with Gasteiger partial charge in [-0.2, -0.15) is 0 Å². The maximum absolute atomic E-state index is 5.64. The average molecular weight is 217 g/mol. The van der Waals surface area contributed by atoms with Crippen LogP contribution in [0.15, 0.2) is 24.3 Å². The Kier molecular flexibility index (Phi) is 5.45. The summed E-state index contributed by atoms with van der Waals surface area (Å²) in [5.41, 5.74) is 1.24. The van der Waals surface area contributed by atoms with E-state index in [0.717, 1.165) is 18.7 Å². The monoisotopic (exact) mass is 217 g/mol. The molecule has 0 aliphatic carbocycles. The molecule has 1 unspecified atom stereocenters. The number of rotatable bonds is 6. The summed E-state index contributed by atoms with van der Waals surface area (Å²) in [5, 5.41) is 3.30. The summed E-state index contributed by atoms with van der Waals surface area (Å²) in [4.78, 5) is 0. The molecule has 0 spiro atoms. The van der Waals surface area contributed by atoms with Crippen molar-refractivity contribution in [3.05, 3.63) is 29.8 Å². The number of hydrogen-bond donors (Lipinski definition) is 1. The first-order valence-electron chi connectivity index (χ1n) is 5.58. The minimum absolute atomic E-state index is 0.314. The molecule has 0 aliphatic rings. The fourth-order valence-corrected chi connectivity index (χ4v) is 1.31. The Morgan fingerprint density at radius 1 is 1.38 bits per heavy atom. The number of ether oxygens (including phenoxy) is 1. The highest BCUT2D eigenvalue weighted by Crippen LogP contribution is 2.11. The van der Waals surface area contributed by atoms with Gasteiger partial charge in [-0.3, -0.25) is 0 Å². The Morgan fingerprint density at radius 2 is 2.06 bits per heavy atom. The SMILES string of the molecule is C#CCCNC(C)COc1ccc(C)cc1. The van der Waals surface area contributed by atoms with Crippen LogP contribution >= 0.6 is 0 Å². The molecule has 2 nitrogen and oxygen atoms in total. The number of hydrogen-bond acceptors (Lipinski definition) is 2. The minimum Gasteiger partial charge on any atom is -0.492 e. The van der Waals surface area contributed by atoms with Crippen molar-refractivity contribution in [2.75, 3.05) is 13.2 Å². The van der Waals surface area contributed by atoms with Crippen LogP contribution in [-0.4, -0.2) is 19.2 Å². The number of benzene rings is 1. The Morgan fingerprint density at radius 3 is 2.69 bits per heavy atom. The van der Waals surface area contributed by atoms with Crippen molar-refractivity contribution >= 4 is 0 Å². The number of terminal acetylenes is 1. The number of nitrogens with one attached hydrogen (secondary N) is 1. The van der Waals surface area contributed by atoms with Crippen molar-refractivity contribution in [3.63, 3.8) is 0 Å². The van der Waals surface area contributed by atoms with Crippen LogP contribution in [0.25, 0.3) is 0 Å². The molecule has 0 amide bonds. The molecule has 0 radical (unpaired) electrons. The van der Waals surface area contributed by atoms with Crippen LogP contribution in [0.4, 0.5) is 0 Å². The second-order valence-electron chi connectivity index (χ2n) is 3.93. The van der Waals surface area contributed by atoms with Gasteiger partial charge in [-0.05, 0) is 26.0 Å². The van der Waals surface area contributed by atoms with E-state index >= 15 is 0 Å². The summed E-state index contributed by atoms with van der Waals surface area (Å²) in [6.07, 6.45) is 5.93. The molecule has 1 aromatic rings. The van der Waals surface area contributed by atoms with Crippen LogP contribution in [0.5, 0.6) is 5.75 Å². The zero-order valence-electron chi connectivity index (χ0n) is 9.99. The molecule has 0 saturated carbocycles. The summed E-state index contributed by atoms with van der Waals surface area (Å²) in [6.45, 7) is 5.65. The summed E-state index contributed by atoms with van der Waals surface area (Å²) in [6, 6.07) is 8.39. The molecule has 0 saturated heterocycles. The third-order valence-corrected chi connectivity index (χ3v) is 2.28. The molecule has 1 atom stereocenters. The van der Waals surface area contributed by atoms with Crippen LogP contribution in [-0.2, 0) is 0 Å². The summed E-state index contributed by atoms with van der Waals surface area (Å²) >= 11 is 0. The topological polar surface area (TPSA) is 21.3 Å². The molecule has 1 rings (SSSR count). The molecule has 0 bridgehead atoms. The standard InChI is InChI=1S/C14H19NO/c1-4-5-10-15-13(3)11-16-14-8-6-12(2)7-9-14/h1,6-9,13,15H,5,10-11H2,2-3H3. The molecule has 1 aromatic carbocycles. The van der Waals surface area contributed by atoms with Crippen LogP contribution < -0.4 is 10.1 Å². The van der Waals surface area contributed by atoms with Crippen LogP contribution in [0, 0.1) is 19.3 Å². The summed E-state index contributed by atoms with van der Waals surface area (Å²) in [5.74, 6) is 3.51. The maximum Gasteiger partial charge on any atom is 0.119 e. The molecule has 0 aliphatic heterocycles. The van der Waals surface area contributed by atoms with E-state index in [0.29, 0.717) is 12.6 Å². The van der Waals surface area contributed by atoms with Gasteiger partial charge in [0.05, 0.1) is 0 Å². The van der Waals surface area contributed by atoms with Gasteiger partial charge in [-0.25, -0.2) is 0 Å². The third kappa shape index (κ3) is 4.86. The normalized spacial score (nSPS) is 11.8. The molecule has 2 heteroatoms. The van der Waals surface area contributed by atoms with Gasteiger partial charge in [0.15, 0.2) is 0 Å². The highest BCUT2D eigenvalue weighted by atomic mass is 16.5.